The maximum absolute atomic E-state index is 11.3. The molecule has 0 spiro atoms. The fraction of sp³-hybridized carbons (Fsp3) is 0.359. The van der Waals surface area contributed by atoms with Crippen LogP contribution in [0.2, 0.25) is 0 Å². The summed E-state index contributed by atoms with van der Waals surface area (Å²) < 4.78 is 11.9. The van der Waals surface area contributed by atoms with Crippen LogP contribution in [0.5, 0.6) is 0 Å². The minimum Gasteiger partial charge on any atom is -0.464 e. The topological polar surface area (TPSA) is 54.0 Å². The van der Waals surface area contributed by atoms with Crippen molar-refractivity contribution in [1.82, 2.24) is 0 Å². The predicted molar refractivity (Wildman–Crippen MR) is 198 cm³/mol. The molecule has 0 radical (unpaired) electrons. The summed E-state index contributed by atoms with van der Waals surface area (Å²) in [6.07, 6.45) is 2.72. The molecule has 0 aliphatic rings. The van der Waals surface area contributed by atoms with Crippen LogP contribution in [0.3, 0.4) is 0 Å². The van der Waals surface area contributed by atoms with Gasteiger partial charge in [0.15, 0.2) is 0 Å². The van der Waals surface area contributed by atoms with Gasteiger partial charge in [0.1, 0.15) is 6.61 Å². The van der Waals surface area contributed by atoms with Crippen molar-refractivity contribution < 1.29 is 14.3 Å². The highest BCUT2D eigenvalue weighted by Gasteiger charge is 2.22. The molecule has 0 aromatic heterocycles. The van der Waals surface area contributed by atoms with Crippen molar-refractivity contribution in [3.8, 4) is 0 Å². The highest BCUT2D eigenvalue weighted by molar-refractivity contribution is 9.10. The Bertz CT molecular complexity index is 1570. The second-order valence-corrected chi connectivity index (χ2v) is 12.1. The molecule has 0 saturated heterocycles. The van der Waals surface area contributed by atoms with Gasteiger partial charge in [-0.25, -0.2) is 0 Å². The molecule has 4 aromatic rings. The fourth-order valence-corrected chi connectivity index (χ4v) is 6.63. The lowest BCUT2D eigenvalue weighted by Gasteiger charge is -2.27. The first-order valence-corrected chi connectivity index (χ1v) is 17.1. The van der Waals surface area contributed by atoms with E-state index in [1.807, 2.05) is 13.0 Å². The molecular formula is C39H48BrN3O3. The molecule has 244 valence electrons. The second-order valence-electron chi connectivity index (χ2n) is 11.2. The Balaban J connectivity index is 1.72. The molecule has 7 heteroatoms. The van der Waals surface area contributed by atoms with Gasteiger partial charge in [-0.05, 0) is 79.6 Å². The number of fused-ring (bicyclic) bond motifs is 1. The molecule has 46 heavy (non-hydrogen) atoms. The first-order chi connectivity index (χ1) is 22.4. The molecule has 4 rings (SSSR count). The number of anilines is 3. The number of benzene rings is 4. The number of carbonyl (C=O) groups is 1. The lowest BCUT2D eigenvalue weighted by molar-refractivity contribution is -0.140. The van der Waals surface area contributed by atoms with E-state index in [-0.39, 0.29) is 11.9 Å². The summed E-state index contributed by atoms with van der Waals surface area (Å²) in [4.78, 5) is 15.8. The molecule has 1 N–H and O–H groups in total. The summed E-state index contributed by atoms with van der Waals surface area (Å²) in [5.74, 6) is -0.140. The van der Waals surface area contributed by atoms with Crippen molar-refractivity contribution in [2.75, 3.05) is 67.7 Å². The van der Waals surface area contributed by atoms with Gasteiger partial charge in [-0.15, -0.1) is 6.58 Å². The number of likely N-dealkylation sites (N-methyl/N-ethyl adjacent to an activating group) is 2. The van der Waals surface area contributed by atoms with E-state index in [9.17, 15) is 4.79 Å². The first-order valence-electron chi connectivity index (χ1n) is 16.4. The Morgan fingerprint density at radius 2 is 1.52 bits per heavy atom. The Hall–Kier alpha value is -3.81. The number of carbonyl (C=O) groups excluding carboxylic acids is 1. The Morgan fingerprint density at radius 1 is 0.870 bits per heavy atom. The van der Waals surface area contributed by atoms with Gasteiger partial charge < -0.3 is 24.6 Å². The van der Waals surface area contributed by atoms with Crippen molar-refractivity contribution >= 4 is 49.7 Å². The van der Waals surface area contributed by atoms with E-state index in [4.69, 9.17) is 9.47 Å². The maximum atomic E-state index is 11.3. The standard InChI is InChI=1S/C39H48BrN3O3/c1-6-22-41-39-21-20-34(33-12-10-11-13-36(33)39)37(35-19-18-32(28-38(35)40)43(8-3)23-25-45-9-4)27-30-14-16-31(17-15-30)42(7-2)24-26-46-29(5)44/h6,10-21,28,37,41H,1,7-9,22-27H2,2-5H3/t37-/m0/s1. The fourth-order valence-electron chi connectivity index (χ4n) is 5.98. The summed E-state index contributed by atoms with van der Waals surface area (Å²) in [7, 11) is 0. The van der Waals surface area contributed by atoms with E-state index in [0.717, 1.165) is 48.5 Å². The molecule has 0 unspecified atom stereocenters. The summed E-state index contributed by atoms with van der Waals surface area (Å²) >= 11 is 4.00. The SMILES string of the molecule is C=CCNc1ccc([C@H](Cc2ccc(N(CC)CCOC(C)=O)cc2)c2ccc(N(CC)CCOCC)cc2Br)c2ccccc12. The number of esters is 1. The van der Waals surface area contributed by atoms with E-state index in [1.165, 1.54) is 40.1 Å². The quantitative estimate of drug-likeness (QED) is 0.0642. The Kier molecular flexibility index (Phi) is 13.5. The van der Waals surface area contributed by atoms with Crippen molar-refractivity contribution in [1.29, 1.82) is 0 Å². The van der Waals surface area contributed by atoms with Crippen LogP contribution in [0, 0.1) is 0 Å². The van der Waals surface area contributed by atoms with E-state index >= 15 is 0 Å². The van der Waals surface area contributed by atoms with Crippen LogP contribution in [-0.4, -0.2) is 58.5 Å². The Labute approximate surface area is 283 Å². The van der Waals surface area contributed by atoms with E-state index in [0.29, 0.717) is 26.3 Å². The third kappa shape index (κ3) is 9.14. The molecular weight excluding hydrogens is 638 g/mol. The van der Waals surface area contributed by atoms with Crippen LogP contribution in [0.15, 0.2) is 96.0 Å². The minimum atomic E-state index is -0.249. The minimum absolute atomic E-state index is 0.109. The lowest BCUT2D eigenvalue weighted by Crippen LogP contribution is -2.27. The van der Waals surface area contributed by atoms with Crippen LogP contribution in [0.25, 0.3) is 10.8 Å². The highest BCUT2D eigenvalue weighted by atomic mass is 79.9. The van der Waals surface area contributed by atoms with Crippen LogP contribution >= 0.6 is 15.9 Å². The number of ether oxygens (including phenoxy) is 2. The molecule has 0 aliphatic carbocycles. The lowest BCUT2D eigenvalue weighted by atomic mass is 9.83. The maximum Gasteiger partial charge on any atom is 0.302 e. The van der Waals surface area contributed by atoms with Gasteiger partial charge in [0.2, 0.25) is 0 Å². The molecule has 6 nitrogen and oxygen atoms in total. The first kappa shape index (κ1) is 35.1. The normalized spacial score (nSPS) is 11.7. The van der Waals surface area contributed by atoms with Gasteiger partial charge in [0.25, 0.3) is 0 Å². The zero-order valence-corrected chi connectivity index (χ0v) is 29.3. The van der Waals surface area contributed by atoms with Gasteiger partial charge in [-0.3, -0.25) is 4.79 Å². The van der Waals surface area contributed by atoms with E-state index in [2.05, 4.69) is 130 Å². The van der Waals surface area contributed by atoms with Gasteiger partial charge in [-0.2, -0.15) is 0 Å². The van der Waals surface area contributed by atoms with Crippen molar-refractivity contribution in [2.45, 2.75) is 40.0 Å². The molecule has 0 bridgehead atoms. The number of rotatable bonds is 18. The summed E-state index contributed by atoms with van der Waals surface area (Å²) in [5, 5.41) is 5.96. The van der Waals surface area contributed by atoms with Gasteiger partial charge in [0.05, 0.1) is 13.2 Å². The largest absolute Gasteiger partial charge is 0.464 e. The van der Waals surface area contributed by atoms with Gasteiger partial charge >= 0.3 is 5.97 Å². The van der Waals surface area contributed by atoms with E-state index in [1.54, 1.807) is 0 Å². The zero-order chi connectivity index (χ0) is 32.9. The van der Waals surface area contributed by atoms with Gasteiger partial charge in [0, 0.05) is 72.5 Å². The third-order valence-electron chi connectivity index (χ3n) is 8.38. The molecule has 0 heterocycles. The molecule has 1 atom stereocenters. The van der Waals surface area contributed by atoms with E-state index < -0.39 is 0 Å². The van der Waals surface area contributed by atoms with Crippen molar-refractivity contribution in [3.05, 3.63) is 113 Å². The third-order valence-corrected chi connectivity index (χ3v) is 9.06. The van der Waals surface area contributed by atoms with Crippen molar-refractivity contribution in [2.24, 2.45) is 0 Å². The van der Waals surface area contributed by atoms with Crippen LogP contribution < -0.4 is 15.1 Å². The van der Waals surface area contributed by atoms with Crippen molar-refractivity contribution in [3.63, 3.8) is 0 Å². The average Bonchev–Trinajstić information content (AvgIpc) is 3.07. The monoisotopic (exact) mass is 685 g/mol. The molecule has 0 fully saturated rings. The predicted octanol–water partition coefficient (Wildman–Crippen LogP) is 8.83. The second kappa shape index (κ2) is 17.8. The highest BCUT2D eigenvalue weighted by Crippen LogP contribution is 2.40. The zero-order valence-electron chi connectivity index (χ0n) is 27.7. The molecule has 0 aliphatic heterocycles. The Morgan fingerprint density at radius 3 is 2.17 bits per heavy atom. The smallest absolute Gasteiger partial charge is 0.302 e. The van der Waals surface area contributed by atoms with Gasteiger partial charge in [-0.1, -0.05) is 70.5 Å². The van der Waals surface area contributed by atoms with Crippen LogP contribution in [0.4, 0.5) is 17.1 Å². The summed E-state index contributed by atoms with van der Waals surface area (Å²) in [6.45, 7) is 17.5. The molecule has 0 saturated carbocycles. The number of nitrogens with one attached hydrogen (secondary N) is 1. The number of hydrogen-bond acceptors (Lipinski definition) is 6. The number of hydrogen-bond donors (Lipinski definition) is 1. The summed E-state index contributed by atoms with van der Waals surface area (Å²) in [6, 6.07) is 28.7. The number of halogens is 1. The number of nitrogens with zero attached hydrogens (tertiary/aromatic N) is 2. The van der Waals surface area contributed by atoms with Crippen LogP contribution in [0.1, 0.15) is 50.3 Å². The average molecular weight is 687 g/mol. The van der Waals surface area contributed by atoms with Crippen LogP contribution in [-0.2, 0) is 20.7 Å². The summed E-state index contributed by atoms with van der Waals surface area (Å²) in [5.41, 5.74) is 7.21. The molecule has 4 aromatic carbocycles. The molecule has 0 amide bonds.